The Morgan fingerprint density at radius 2 is 0.667 bits per heavy atom. The summed E-state index contributed by atoms with van der Waals surface area (Å²) in [6.45, 7) is 11.3. The molecule has 0 fully saturated rings. The van der Waals surface area contributed by atoms with Gasteiger partial charge >= 0.3 is 17.9 Å². The van der Waals surface area contributed by atoms with Gasteiger partial charge in [-0.25, -0.2) is 0 Å². The van der Waals surface area contributed by atoms with Crippen molar-refractivity contribution in [1.82, 2.24) is 0 Å². The number of ether oxygens (including phenoxy) is 3. The summed E-state index contributed by atoms with van der Waals surface area (Å²) in [4.78, 5) is 37.6. The summed E-state index contributed by atoms with van der Waals surface area (Å²) in [6, 6.07) is 0. The Bertz CT molecular complexity index is 872. The van der Waals surface area contributed by atoms with E-state index in [-0.39, 0.29) is 31.1 Å². The van der Waals surface area contributed by atoms with Gasteiger partial charge in [-0.3, -0.25) is 14.4 Å². The number of rotatable bonds is 45. The number of hydrogen-bond acceptors (Lipinski definition) is 6. The minimum atomic E-state index is -0.759. The van der Waals surface area contributed by atoms with Gasteiger partial charge in [-0.1, -0.05) is 240 Å². The van der Waals surface area contributed by atoms with Gasteiger partial charge in [0.15, 0.2) is 6.10 Å². The van der Waals surface area contributed by atoms with Crippen LogP contribution in [0.5, 0.6) is 0 Å². The molecule has 2 atom stereocenters. The third-order valence-electron chi connectivity index (χ3n) is 11.8. The highest BCUT2D eigenvalue weighted by atomic mass is 16.6. The van der Waals surface area contributed by atoms with Crippen molar-refractivity contribution in [1.29, 1.82) is 0 Å². The lowest BCUT2D eigenvalue weighted by atomic mass is 9.99. The van der Waals surface area contributed by atoms with Gasteiger partial charge in [0.25, 0.3) is 0 Å². The van der Waals surface area contributed by atoms with Crippen molar-refractivity contribution < 1.29 is 28.6 Å². The average Bonchev–Trinajstić information content (AvgIpc) is 3.19. The molecule has 0 amide bonds. The van der Waals surface area contributed by atoms with Crippen LogP contribution >= 0.6 is 0 Å². The van der Waals surface area contributed by atoms with Gasteiger partial charge in [0, 0.05) is 19.3 Å². The van der Waals surface area contributed by atoms with Crippen LogP contribution in [0.4, 0.5) is 0 Å². The summed E-state index contributed by atoms with van der Waals surface area (Å²) < 4.78 is 16.7. The molecule has 0 aromatic heterocycles. The molecule has 6 heteroatoms. The number of esters is 3. The van der Waals surface area contributed by atoms with Crippen molar-refractivity contribution in [2.45, 2.75) is 285 Å². The van der Waals surface area contributed by atoms with Crippen molar-refractivity contribution in [2.75, 3.05) is 13.2 Å². The molecule has 0 heterocycles. The summed E-state index contributed by atoms with van der Waals surface area (Å²) in [6.07, 6.45) is 44.0. The summed E-state index contributed by atoms with van der Waals surface area (Å²) in [5, 5.41) is 0. The zero-order chi connectivity index (χ0) is 41.9. The molecule has 0 aromatic carbocycles. The second-order valence-corrected chi connectivity index (χ2v) is 18.2. The zero-order valence-corrected chi connectivity index (χ0v) is 39.0. The lowest BCUT2D eigenvalue weighted by molar-refractivity contribution is -0.167. The molecular formula is C51H98O6. The molecule has 0 N–H and O–H groups in total. The second kappa shape index (κ2) is 44.0. The normalized spacial score (nSPS) is 12.5. The summed E-state index contributed by atoms with van der Waals surface area (Å²) in [7, 11) is 0. The highest BCUT2D eigenvalue weighted by Gasteiger charge is 2.19. The molecule has 1 unspecified atom stereocenters. The van der Waals surface area contributed by atoms with E-state index in [2.05, 4.69) is 34.6 Å². The minimum Gasteiger partial charge on any atom is -0.462 e. The van der Waals surface area contributed by atoms with Crippen LogP contribution in [0.15, 0.2) is 0 Å². The van der Waals surface area contributed by atoms with Crippen LogP contribution in [0, 0.1) is 11.8 Å². The van der Waals surface area contributed by atoms with Crippen LogP contribution in [-0.4, -0.2) is 37.2 Å². The predicted octanol–water partition coefficient (Wildman–Crippen LogP) is 16.1. The molecule has 0 saturated carbocycles. The van der Waals surface area contributed by atoms with E-state index in [0.29, 0.717) is 19.3 Å². The van der Waals surface area contributed by atoms with Crippen molar-refractivity contribution in [3.05, 3.63) is 0 Å². The molecule has 338 valence electrons. The first kappa shape index (κ1) is 55.4. The quantitative estimate of drug-likeness (QED) is 0.0346. The lowest BCUT2D eigenvalue weighted by Crippen LogP contribution is -2.30. The Kier molecular flexibility index (Phi) is 42.7. The monoisotopic (exact) mass is 807 g/mol. The molecule has 6 nitrogen and oxygen atoms in total. The van der Waals surface area contributed by atoms with Gasteiger partial charge in [-0.05, 0) is 31.1 Å². The SMILES string of the molecule is CCCCCCCC(=O)OC[C@H](COC(=O)CCCCCCCCCCCCCCCC(C)C)OC(=O)CCCCCCCCCCCCCCCCC(C)CC. The largest absolute Gasteiger partial charge is 0.462 e. The van der Waals surface area contributed by atoms with Gasteiger partial charge in [-0.2, -0.15) is 0 Å². The zero-order valence-electron chi connectivity index (χ0n) is 39.0. The fourth-order valence-corrected chi connectivity index (χ4v) is 7.60. The third kappa shape index (κ3) is 43.8. The molecule has 0 aliphatic carbocycles. The Labute approximate surface area is 355 Å². The van der Waals surface area contributed by atoms with E-state index in [1.165, 1.54) is 161 Å². The summed E-state index contributed by atoms with van der Waals surface area (Å²) >= 11 is 0. The van der Waals surface area contributed by atoms with Crippen molar-refractivity contribution in [3.63, 3.8) is 0 Å². The van der Waals surface area contributed by atoms with Crippen LogP contribution in [0.25, 0.3) is 0 Å². The minimum absolute atomic E-state index is 0.0648. The molecule has 0 spiro atoms. The first-order valence-corrected chi connectivity index (χ1v) is 25.3. The van der Waals surface area contributed by atoms with E-state index in [9.17, 15) is 14.4 Å². The van der Waals surface area contributed by atoms with E-state index < -0.39 is 6.10 Å². The van der Waals surface area contributed by atoms with Crippen LogP contribution in [0.3, 0.4) is 0 Å². The first-order valence-electron chi connectivity index (χ1n) is 25.3. The highest BCUT2D eigenvalue weighted by molar-refractivity contribution is 5.71. The van der Waals surface area contributed by atoms with Crippen molar-refractivity contribution in [2.24, 2.45) is 11.8 Å². The van der Waals surface area contributed by atoms with E-state index in [4.69, 9.17) is 14.2 Å². The van der Waals surface area contributed by atoms with Gasteiger partial charge in [0.05, 0.1) is 0 Å². The molecule has 0 rings (SSSR count). The van der Waals surface area contributed by atoms with Gasteiger partial charge in [-0.15, -0.1) is 0 Å². The Morgan fingerprint density at radius 1 is 0.368 bits per heavy atom. The van der Waals surface area contributed by atoms with Gasteiger partial charge < -0.3 is 14.2 Å². The topological polar surface area (TPSA) is 78.9 Å². The summed E-state index contributed by atoms with van der Waals surface area (Å²) in [5.74, 6) is 0.871. The third-order valence-corrected chi connectivity index (χ3v) is 11.8. The Hall–Kier alpha value is -1.59. The van der Waals surface area contributed by atoms with E-state index >= 15 is 0 Å². The van der Waals surface area contributed by atoms with Crippen molar-refractivity contribution in [3.8, 4) is 0 Å². The maximum atomic E-state index is 12.7. The fourth-order valence-electron chi connectivity index (χ4n) is 7.60. The molecular weight excluding hydrogens is 709 g/mol. The molecule has 0 bridgehead atoms. The number of carbonyl (C=O) groups is 3. The van der Waals surface area contributed by atoms with E-state index in [1.54, 1.807) is 0 Å². The van der Waals surface area contributed by atoms with Crippen molar-refractivity contribution >= 4 is 17.9 Å². The smallest absolute Gasteiger partial charge is 0.306 e. The second-order valence-electron chi connectivity index (χ2n) is 18.2. The molecule has 0 aliphatic rings. The number of hydrogen-bond donors (Lipinski definition) is 0. The molecule has 0 aliphatic heterocycles. The van der Waals surface area contributed by atoms with Gasteiger partial charge in [0.1, 0.15) is 13.2 Å². The lowest BCUT2D eigenvalue weighted by Gasteiger charge is -2.18. The standard InChI is InChI=1S/C51H98O6/c1-6-8-9-29-36-41-49(52)55-44-48(45-56-50(53)42-37-32-27-23-19-16-12-13-17-21-25-30-34-39-46(3)4)57-51(54)43-38-33-28-24-20-15-11-10-14-18-22-26-31-35-40-47(5)7-2/h46-48H,6-45H2,1-5H3/t47?,48-/m1/s1. The van der Waals surface area contributed by atoms with Crippen LogP contribution in [0.2, 0.25) is 0 Å². The van der Waals surface area contributed by atoms with Crippen LogP contribution in [0.1, 0.15) is 279 Å². The Balaban J connectivity index is 4.12. The highest BCUT2D eigenvalue weighted by Crippen LogP contribution is 2.18. The van der Waals surface area contributed by atoms with E-state index in [0.717, 1.165) is 76.0 Å². The van der Waals surface area contributed by atoms with E-state index in [1.807, 2.05) is 0 Å². The molecule has 0 aromatic rings. The first-order chi connectivity index (χ1) is 27.8. The Morgan fingerprint density at radius 3 is 1.00 bits per heavy atom. The van der Waals surface area contributed by atoms with Crippen LogP contribution in [-0.2, 0) is 28.6 Å². The van der Waals surface area contributed by atoms with Gasteiger partial charge in [0.2, 0.25) is 0 Å². The predicted molar refractivity (Wildman–Crippen MR) is 243 cm³/mol. The number of carbonyl (C=O) groups excluding carboxylic acids is 3. The maximum absolute atomic E-state index is 12.7. The number of unbranched alkanes of at least 4 members (excludes halogenated alkanes) is 29. The molecule has 0 radical (unpaired) electrons. The fraction of sp³-hybridized carbons (Fsp3) is 0.941. The van der Waals surface area contributed by atoms with Crippen LogP contribution < -0.4 is 0 Å². The average molecular weight is 807 g/mol. The molecule has 57 heavy (non-hydrogen) atoms. The molecule has 0 saturated heterocycles. The summed E-state index contributed by atoms with van der Waals surface area (Å²) in [5.41, 5.74) is 0. The maximum Gasteiger partial charge on any atom is 0.306 e.